The predicted molar refractivity (Wildman–Crippen MR) is 448 cm³/mol. The predicted octanol–water partition coefficient (Wildman–Crippen LogP) is 22.6. The van der Waals surface area contributed by atoms with Crippen LogP contribution in [-0.2, 0) is 61.5 Å². The molecule has 1 heterocycles. The van der Waals surface area contributed by atoms with E-state index in [4.69, 9.17) is 92.2 Å². The summed E-state index contributed by atoms with van der Waals surface area (Å²) in [5, 5.41) is 11.9. The van der Waals surface area contributed by atoms with E-state index in [9.17, 15) is 24.0 Å². The first-order chi connectivity index (χ1) is 53.1. The van der Waals surface area contributed by atoms with Gasteiger partial charge in [0.15, 0.2) is 11.6 Å². The van der Waals surface area contributed by atoms with E-state index >= 15 is 0 Å². The third kappa shape index (κ3) is 27.8. The molecule has 22 heteroatoms. The van der Waals surface area contributed by atoms with E-state index in [1.54, 1.807) is 60.6 Å². The van der Waals surface area contributed by atoms with Crippen molar-refractivity contribution in [2.45, 2.75) is 79.0 Å². The highest BCUT2D eigenvalue weighted by Gasteiger charge is 2.19. The first-order valence-electron chi connectivity index (χ1n) is 35.7. The standard InChI is InChI=1S/C19H21ClN2O3.C19H21ClO2.C18H19ClO2.C17H19ClN2O2.C15H15ClN2O2/c1-24-13-15-12-17(21-19(23)22-8-10-25-11-9-22)6-7-18(15)14-2-4-16(20)5-3-14;1-3-4-5-19(21)15-8-11-18(16(12-15)13-22-2)14-6-9-17(20)10-7-14;1-3-4-18(20)14-7-10-17(15(11-14)12-21-2)13-5-8-16(19)9-6-13;1-20(2)17(21)19-15-8-9-16(13(10-15)11-22-3)12-4-6-14(18)7-5-12;1-20-9-11-8-13(18-15(17)19)6-7-14(11)10-2-4-12(16)5-3-10/h2-7,12H,8-11,13H2,1H3,(H,21,23);6-12H,3-5,13H2,1-2H3;5-11H,3-4,12H2,1-2H3;4-10H,11H2,1-3H3,(H,19,21);2-8H,9H2,1H3,(H3,17,18,19). The molecule has 1 fully saturated rings. The lowest BCUT2D eigenvalue weighted by Crippen LogP contribution is -2.43. The number of nitrogens with zero attached hydrogens (tertiary/aromatic N) is 2. The van der Waals surface area contributed by atoms with Crippen molar-refractivity contribution in [2.24, 2.45) is 5.73 Å². The van der Waals surface area contributed by atoms with Crippen LogP contribution in [0.2, 0.25) is 25.1 Å². The van der Waals surface area contributed by atoms with Crippen molar-refractivity contribution in [3.05, 3.63) is 276 Å². The van der Waals surface area contributed by atoms with Gasteiger partial charge in [-0.3, -0.25) is 9.59 Å². The summed E-state index contributed by atoms with van der Waals surface area (Å²) in [5.74, 6) is 0.374. The van der Waals surface area contributed by atoms with Crippen LogP contribution in [0.15, 0.2) is 212 Å². The second kappa shape index (κ2) is 46.3. The van der Waals surface area contributed by atoms with Crippen molar-refractivity contribution in [3.8, 4) is 55.6 Å². The van der Waals surface area contributed by atoms with E-state index in [-0.39, 0.29) is 23.6 Å². The highest BCUT2D eigenvalue weighted by molar-refractivity contribution is 6.32. The molecule has 6 amide bonds. The fourth-order valence-corrected chi connectivity index (χ4v) is 12.3. The molecule has 10 aromatic rings. The third-order valence-electron chi connectivity index (χ3n) is 17.2. The largest absolute Gasteiger partial charge is 0.380 e. The number of anilines is 3. The van der Waals surface area contributed by atoms with Crippen molar-refractivity contribution in [2.75, 3.05) is 91.9 Å². The van der Waals surface area contributed by atoms with Gasteiger partial charge in [-0.1, -0.05) is 181 Å². The van der Waals surface area contributed by atoms with Crippen molar-refractivity contribution < 1.29 is 52.4 Å². The van der Waals surface area contributed by atoms with Gasteiger partial charge in [0.25, 0.3) is 0 Å². The molecule has 0 unspecified atom stereocenters. The fraction of sp³-hybridized carbons (Fsp3) is 0.261. The van der Waals surface area contributed by atoms with Gasteiger partial charge in [-0.05, 0) is 205 Å². The highest BCUT2D eigenvalue weighted by Crippen LogP contribution is 2.34. The molecule has 110 heavy (non-hydrogen) atoms. The zero-order valence-electron chi connectivity index (χ0n) is 63.5. The molecule has 17 nitrogen and oxygen atoms in total. The molecule has 0 radical (unpaired) electrons. The van der Waals surface area contributed by atoms with Gasteiger partial charge in [-0.25, -0.2) is 14.4 Å². The Morgan fingerprint density at radius 3 is 0.973 bits per heavy atom. The van der Waals surface area contributed by atoms with Gasteiger partial charge in [0.1, 0.15) is 0 Å². The number of ether oxygens (including phenoxy) is 6. The summed E-state index contributed by atoms with van der Waals surface area (Å²) in [6, 6.07) is 66.3. The molecule has 1 aliphatic heterocycles. The normalized spacial score (nSPS) is 11.4. The average Bonchev–Trinajstić information content (AvgIpc) is 0.840. The monoisotopic (exact) mass is 1590 g/mol. The zero-order valence-corrected chi connectivity index (χ0v) is 67.2. The van der Waals surface area contributed by atoms with Gasteiger partial charge < -0.3 is 59.9 Å². The van der Waals surface area contributed by atoms with E-state index < -0.39 is 6.03 Å². The summed E-state index contributed by atoms with van der Waals surface area (Å²) in [6.45, 7) is 8.80. The Balaban J connectivity index is 0.000000192. The molecule has 5 N–H and O–H groups in total. The number of nitrogens with one attached hydrogen (secondary N) is 3. The van der Waals surface area contributed by atoms with Crippen LogP contribution in [0.1, 0.15) is 94.5 Å². The lowest BCUT2D eigenvalue weighted by atomic mass is 9.95. The molecule has 0 bridgehead atoms. The number of unbranched alkanes of at least 4 members (excludes halogenated alkanes) is 1. The molecule has 0 atom stereocenters. The second-order valence-corrected chi connectivity index (χ2v) is 27.8. The molecule has 1 aliphatic rings. The molecular formula is C88H95Cl5N6O11. The summed E-state index contributed by atoms with van der Waals surface area (Å²) in [5.41, 5.74) is 24.3. The van der Waals surface area contributed by atoms with Crippen LogP contribution in [0, 0.1) is 0 Å². The number of hydrogen-bond donors (Lipinski definition) is 4. The van der Waals surface area contributed by atoms with Crippen LogP contribution in [0.4, 0.5) is 31.4 Å². The fourth-order valence-electron chi connectivity index (χ4n) is 11.7. The SMILES string of the molecule is CCCC(=O)c1ccc(-c2ccc(Cl)cc2)c(COC)c1.CCCCC(=O)c1ccc(-c2ccc(Cl)cc2)c(COC)c1.COCc1cc(NC(=O)N(C)C)ccc1-c1ccc(Cl)cc1.COCc1cc(NC(=O)N2CCOCC2)ccc1-c1ccc(Cl)cc1.COCc1cc(NC(N)=O)ccc1-c1ccc(Cl)cc1. The summed E-state index contributed by atoms with van der Waals surface area (Å²) in [4.78, 5) is 62.5. The van der Waals surface area contributed by atoms with Crippen LogP contribution in [0.25, 0.3) is 55.6 Å². The Kier molecular flexibility index (Phi) is 36.9. The Hall–Kier alpha value is -9.44. The van der Waals surface area contributed by atoms with Crippen molar-refractivity contribution in [1.82, 2.24) is 9.80 Å². The maximum Gasteiger partial charge on any atom is 0.321 e. The number of halogens is 5. The van der Waals surface area contributed by atoms with Crippen LogP contribution in [0.5, 0.6) is 0 Å². The van der Waals surface area contributed by atoms with E-state index in [0.29, 0.717) is 103 Å². The lowest BCUT2D eigenvalue weighted by Gasteiger charge is -2.27. The smallest absolute Gasteiger partial charge is 0.321 e. The number of morpholine rings is 1. The number of benzene rings is 10. The van der Waals surface area contributed by atoms with Crippen molar-refractivity contribution >= 4 is 105 Å². The quantitative estimate of drug-likeness (QED) is 0.0396. The number of methoxy groups -OCH3 is 5. The Bertz CT molecular complexity index is 4600. The summed E-state index contributed by atoms with van der Waals surface area (Å²) >= 11 is 29.7. The first-order valence-corrected chi connectivity index (χ1v) is 37.6. The topological polar surface area (TPSA) is 209 Å². The first kappa shape index (κ1) is 87.8. The molecule has 0 aromatic heterocycles. The molecule has 0 aliphatic carbocycles. The molecule has 10 aromatic carbocycles. The minimum Gasteiger partial charge on any atom is -0.380 e. The maximum absolute atomic E-state index is 12.3. The van der Waals surface area contributed by atoms with Crippen molar-refractivity contribution in [1.29, 1.82) is 0 Å². The molecule has 578 valence electrons. The number of hydrogen-bond acceptors (Lipinski definition) is 11. The second-order valence-electron chi connectivity index (χ2n) is 25.6. The Morgan fingerprint density at radius 2 is 0.682 bits per heavy atom. The molecule has 11 rings (SSSR count). The number of carbonyl (C=O) groups excluding carboxylic acids is 5. The van der Waals surface area contributed by atoms with Gasteiger partial charge in [0.2, 0.25) is 0 Å². The van der Waals surface area contributed by atoms with Gasteiger partial charge in [-0.15, -0.1) is 0 Å². The Labute approximate surface area is 671 Å². The number of nitrogens with two attached hydrogens (primary N) is 1. The number of primary amides is 1. The molecule has 0 spiro atoms. The molecule has 0 saturated carbocycles. The number of amides is 6. The van der Waals surface area contributed by atoms with Crippen LogP contribution >= 0.6 is 58.0 Å². The number of urea groups is 3. The number of Topliss-reactive ketones (excluding diaryl/α,β-unsaturated/α-hetero) is 2. The minimum absolute atomic E-state index is 0.106. The van der Waals surface area contributed by atoms with Gasteiger partial charge in [-0.2, -0.15) is 0 Å². The number of ketones is 2. The summed E-state index contributed by atoms with van der Waals surface area (Å²) in [7, 11) is 11.7. The lowest BCUT2D eigenvalue weighted by molar-refractivity contribution is 0.0564. The summed E-state index contributed by atoms with van der Waals surface area (Å²) in [6.07, 6.45) is 3.99. The maximum atomic E-state index is 12.3. The highest BCUT2D eigenvalue weighted by atomic mass is 35.5. The van der Waals surface area contributed by atoms with E-state index in [1.165, 1.54) is 4.90 Å². The van der Waals surface area contributed by atoms with Gasteiger partial charge in [0, 0.05) is 129 Å². The van der Waals surface area contributed by atoms with Crippen LogP contribution in [0.3, 0.4) is 0 Å². The van der Waals surface area contributed by atoms with E-state index in [0.717, 1.165) is 125 Å². The number of rotatable bonds is 25. The van der Waals surface area contributed by atoms with Crippen LogP contribution in [-0.4, -0.2) is 115 Å². The minimum atomic E-state index is -0.590. The van der Waals surface area contributed by atoms with Gasteiger partial charge >= 0.3 is 18.1 Å². The summed E-state index contributed by atoms with van der Waals surface area (Å²) < 4.78 is 31.6. The molecular weight excluding hydrogens is 1490 g/mol. The third-order valence-corrected chi connectivity index (χ3v) is 18.4. The van der Waals surface area contributed by atoms with Crippen molar-refractivity contribution in [3.63, 3.8) is 0 Å². The van der Waals surface area contributed by atoms with E-state index in [2.05, 4.69) is 22.9 Å². The van der Waals surface area contributed by atoms with Gasteiger partial charge in [0.05, 0.1) is 46.2 Å². The molecule has 1 saturated heterocycles. The van der Waals surface area contributed by atoms with Crippen LogP contribution < -0.4 is 21.7 Å². The zero-order chi connectivity index (χ0) is 79.5. The average molecular weight is 1590 g/mol. The Morgan fingerprint density at radius 1 is 0.391 bits per heavy atom. The van der Waals surface area contributed by atoms with E-state index in [1.807, 2.05) is 213 Å². The number of carbonyl (C=O) groups is 5.